The number of methoxy groups -OCH3 is 2. The van der Waals surface area contributed by atoms with Gasteiger partial charge in [0, 0.05) is 26.2 Å². The summed E-state index contributed by atoms with van der Waals surface area (Å²) in [6.07, 6.45) is 1.32. The summed E-state index contributed by atoms with van der Waals surface area (Å²) in [5.41, 5.74) is 8.49. The van der Waals surface area contributed by atoms with Gasteiger partial charge in [0.1, 0.15) is 5.75 Å². The second kappa shape index (κ2) is 7.04. The van der Waals surface area contributed by atoms with Gasteiger partial charge in [-0.25, -0.2) is 0 Å². The predicted molar refractivity (Wildman–Crippen MR) is 75.6 cm³/mol. The Morgan fingerprint density at radius 3 is 2.90 bits per heavy atom. The van der Waals surface area contributed by atoms with E-state index in [0.29, 0.717) is 13.0 Å². The Kier molecular flexibility index (Phi) is 5.37. The minimum absolute atomic E-state index is 0.0237. The number of rotatable bonds is 7. The number of aliphatic hydroxyl groups is 1. The first-order valence-electron chi connectivity index (χ1n) is 6.90. The Labute approximate surface area is 119 Å². The van der Waals surface area contributed by atoms with Gasteiger partial charge in [-0.05, 0) is 36.1 Å². The minimum atomic E-state index is -0.715. The van der Waals surface area contributed by atoms with E-state index in [-0.39, 0.29) is 12.1 Å². The molecule has 5 heteroatoms. The van der Waals surface area contributed by atoms with Gasteiger partial charge in [-0.15, -0.1) is 0 Å². The Morgan fingerprint density at radius 1 is 1.40 bits per heavy atom. The van der Waals surface area contributed by atoms with Gasteiger partial charge in [-0.3, -0.25) is 0 Å². The van der Waals surface area contributed by atoms with Crippen LogP contribution in [0.2, 0.25) is 0 Å². The first-order chi connectivity index (χ1) is 9.65. The molecule has 0 radical (unpaired) electrons. The molecule has 0 saturated heterocycles. The zero-order valence-electron chi connectivity index (χ0n) is 12.0. The average molecular weight is 281 g/mol. The van der Waals surface area contributed by atoms with Gasteiger partial charge in [0.05, 0.1) is 13.2 Å². The fraction of sp³-hybridized carbons (Fsp3) is 0.600. The summed E-state index contributed by atoms with van der Waals surface area (Å²) in [6.45, 7) is 0.560. The Morgan fingerprint density at radius 2 is 2.20 bits per heavy atom. The van der Waals surface area contributed by atoms with Gasteiger partial charge in [0.2, 0.25) is 0 Å². The Hall–Kier alpha value is -1.14. The van der Waals surface area contributed by atoms with Crippen molar-refractivity contribution in [2.24, 2.45) is 5.73 Å². The van der Waals surface area contributed by atoms with E-state index in [4.69, 9.17) is 19.9 Å². The smallest absolute Gasteiger partial charge is 0.154 e. The molecular formula is C15H23NO4. The van der Waals surface area contributed by atoms with Crippen LogP contribution in [0.5, 0.6) is 5.75 Å². The normalized spacial score (nSPS) is 22.6. The highest BCUT2D eigenvalue weighted by molar-refractivity contribution is 5.41. The van der Waals surface area contributed by atoms with Crippen molar-refractivity contribution in [3.05, 3.63) is 29.3 Å². The van der Waals surface area contributed by atoms with Crippen molar-refractivity contribution in [2.75, 3.05) is 20.8 Å². The monoisotopic (exact) mass is 281 g/mol. The molecule has 5 nitrogen and oxygen atoms in total. The molecule has 1 aliphatic rings. The quantitative estimate of drug-likeness (QED) is 0.583. The lowest BCUT2D eigenvalue weighted by atomic mass is 10.1. The van der Waals surface area contributed by atoms with E-state index in [1.54, 1.807) is 7.11 Å². The molecule has 0 amide bonds. The lowest BCUT2D eigenvalue weighted by Crippen LogP contribution is -2.27. The van der Waals surface area contributed by atoms with E-state index >= 15 is 0 Å². The highest BCUT2D eigenvalue weighted by Gasteiger charge is 2.30. The van der Waals surface area contributed by atoms with E-state index in [2.05, 4.69) is 0 Å². The third-order valence-corrected chi connectivity index (χ3v) is 3.67. The maximum Gasteiger partial charge on any atom is 0.154 e. The maximum absolute atomic E-state index is 9.30. The number of fused-ring (bicyclic) bond motifs is 1. The SMILES string of the molecule is COc1ccc2c(c1)CC(N)C2OCCCC(O)OC. The van der Waals surface area contributed by atoms with Crippen LogP contribution in [-0.2, 0) is 15.9 Å². The van der Waals surface area contributed by atoms with Crippen molar-refractivity contribution in [3.63, 3.8) is 0 Å². The minimum Gasteiger partial charge on any atom is -0.497 e. The van der Waals surface area contributed by atoms with Crippen molar-refractivity contribution in [3.8, 4) is 5.75 Å². The molecule has 0 aliphatic heterocycles. The summed E-state index contributed by atoms with van der Waals surface area (Å²) < 4.78 is 15.9. The van der Waals surface area contributed by atoms with Crippen molar-refractivity contribution in [1.82, 2.24) is 0 Å². The van der Waals surface area contributed by atoms with Crippen molar-refractivity contribution < 1.29 is 19.3 Å². The third kappa shape index (κ3) is 3.49. The van der Waals surface area contributed by atoms with Gasteiger partial charge in [-0.2, -0.15) is 0 Å². The molecule has 1 aromatic rings. The van der Waals surface area contributed by atoms with Crippen LogP contribution in [0.3, 0.4) is 0 Å². The fourth-order valence-electron chi connectivity index (χ4n) is 2.55. The molecular weight excluding hydrogens is 258 g/mol. The maximum atomic E-state index is 9.30. The molecule has 0 bridgehead atoms. The zero-order valence-corrected chi connectivity index (χ0v) is 12.0. The molecule has 3 N–H and O–H groups in total. The summed E-state index contributed by atoms with van der Waals surface area (Å²) in [7, 11) is 3.15. The van der Waals surface area contributed by atoms with Crippen LogP contribution in [0.15, 0.2) is 18.2 Å². The number of benzene rings is 1. The molecule has 3 atom stereocenters. The highest BCUT2D eigenvalue weighted by atomic mass is 16.6. The lowest BCUT2D eigenvalue weighted by molar-refractivity contribution is -0.0840. The summed E-state index contributed by atoms with van der Waals surface area (Å²) >= 11 is 0. The van der Waals surface area contributed by atoms with Crippen LogP contribution in [0, 0.1) is 0 Å². The van der Waals surface area contributed by atoms with Crippen LogP contribution in [0.1, 0.15) is 30.1 Å². The summed E-state index contributed by atoms with van der Waals surface area (Å²) in [5, 5.41) is 9.30. The molecule has 0 heterocycles. The van der Waals surface area contributed by atoms with Gasteiger partial charge < -0.3 is 25.1 Å². The molecule has 0 spiro atoms. The number of ether oxygens (including phenoxy) is 3. The first kappa shape index (κ1) is 15.3. The van der Waals surface area contributed by atoms with Crippen LogP contribution in [-0.4, -0.2) is 38.3 Å². The number of nitrogens with two attached hydrogens (primary N) is 1. The van der Waals surface area contributed by atoms with Gasteiger partial charge in [0.25, 0.3) is 0 Å². The average Bonchev–Trinajstić information content (AvgIpc) is 2.77. The summed E-state index contributed by atoms with van der Waals surface area (Å²) in [5.74, 6) is 0.847. The summed E-state index contributed by atoms with van der Waals surface area (Å²) in [6, 6.07) is 5.95. The van der Waals surface area contributed by atoms with E-state index < -0.39 is 6.29 Å². The zero-order chi connectivity index (χ0) is 14.5. The van der Waals surface area contributed by atoms with Gasteiger partial charge in [-0.1, -0.05) is 6.07 Å². The van der Waals surface area contributed by atoms with Crippen LogP contribution >= 0.6 is 0 Å². The molecule has 0 saturated carbocycles. The fourth-order valence-corrected chi connectivity index (χ4v) is 2.55. The topological polar surface area (TPSA) is 73.9 Å². The molecule has 0 aromatic heterocycles. The number of hydrogen-bond donors (Lipinski definition) is 2. The second-order valence-electron chi connectivity index (χ2n) is 5.06. The van der Waals surface area contributed by atoms with Crippen molar-refractivity contribution in [1.29, 1.82) is 0 Å². The van der Waals surface area contributed by atoms with E-state index in [1.807, 2.05) is 18.2 Å². The molecule has 20 heavy (non-hydrogen) atoms. The highest BCUT2D eigenvalue weighted by Crippen LogP contribution is 2.35. The molecule has 1 aromatic carbocycles. The van der Waals surface area contributed by atoms with Gasteiger partial charge in [0.15, 0.2) is 6.29 Å². The third-order valence-electron chi connectivity index (χ3n) is 3.67. The lowest BCUT2D eigenvalue weighted by Gasteiger charge is -2.18. The number of hydrogen-bond acceptors (Lipinski definition) is 5. The van der Waals surface area contributed by atoms with Gasteiger partial charge >= 0.3 is 0 Å². The first-order valence-corrected chi connectivity index (χ1v) is 6.90. The Balaban J connectivity index is 1.90. The van der Waals surface area contributed by atoms with E-state index in [0.717, 1.165) is 24.2 Å². The molecule has 1 aliphatic carbocycles. The largest absolute Gasteiger partial charge is 0.497 e. The number of aliphatic hydroxyl groups excluding tert-OH is 1. The molecule has 3 unspecified atom stereocenters. The van der Waals surface area contributed by atoms with Crippen molar-refractivity contribution >= 4 is 0 Å². The van der Waals surface area contributed by atoms with Crippen LogP contribution < -0.4 is 10.5 Å². The second-order valence-corrected chi connectivity index (χ2v) is 5.06. The van der Waals surface area contributed by atoms with Crippen molar-refractivity contribution in [2.45, 2.75) is 37.7 Å². The molecule has 2 rings (SSSR count). The standard InChI is InChI=1S/C15H23NO4/c1-18-11-5-6-12-10(8-11)9-13(16)15(12)20-7-3-4-14(17)19-2/h5-6,8,13-15,17H,3-4,7,9,16H2,1-2H3. The Bertz CT molecular complexity index is 438. The molecule has 0 fully saturated rings. The van der Waals surface area contributed by atoms with Crippen LogP contribution in [0.25, 0.3) is 0 Å². The van der Waals surface area contributed by atoms with E-state index in [9.17, 15) is 5.11 Å². The van der Waals surface area contributed by atoms with Crippen LogP contribution in [0.4, 0.5) is 0 Å². The molecule has 112 valence electrons. The van der Waals surface area contributed by atoms with E-state index in [1.165, 1.54) is 12.7 Å². The summed E-state index contributed by atoms with van der Waals surface area (Å²) in [4.78, 5) is 0. The predicted octanol–water partition coefficient (Wildman–Crippen LogP) is 1.38.